The predicted octanol–water partition coefficient (Wildman–Crippen LogP) is 3.59. The Morgan fingerprint density at radius 3 is 2.50 bits per heavy atom. The Balaban J connectivity index is 2.07. The largest absolute Gasteiger partial charge is 0.465 e. The molecule has 22 heavy (non-hydrogen) atoms. The highest BCUT2D eigenvalue weighted by atomic mass is 16.3. The summed E-state index contributed by atoms with van der Waals surface area (Å²) in [6, 6.07) is 8.88. The lowest BCUT2D eigenvalue weighted by molar-refractivity contribution is -0.116. The van der Waals surface area contributed by atoms with E-state index in [0.717, 1.165) is 5.56 Å². The van der Waals surface area contributed by atoms with Crippen LogP contribution in [-0.2, 0) is 9.59 Å². The van der Waals surface area contributed by atoms with Crippen molar-refractivity contribution in [2.75, 3.05) is 10.6 Å². The molecule has 0 unspecified atom stereocenters. The second-order valence-corrected chi connectivity index (χ2v) is 4.72. The Morgan fingerprint density at radius 2 is 1.86 bits per heavy atom. The van der Waals surface area contributed by atoms with Crippen molar-refractivity contribution in [2.24, 2.45) is 0 Å². The van der Waals surface area contributed by atoms with Crippen LogP contribution >= 0.6 is 0 Å². The molecule has 5 nitrogen and oxygen atoms in total. The number of anilines is 2. The number of hydrogen-bond donors (Lipinski definition) is 2. The molecule has 5 heteroatoms. The highest BCUT2D eigenvalue weighted by molar-refractivity contribution is 6.03. The number of hydrogen-bond acceptors (Lipinski definition) is 3. The highest BCUT2D eigenvalue weighted by Crippen LogP contribution is 2.23. The van der Waals surface area contributed by atoms with E-state index in [1.807, 2.05) is 6.92 Å². The van der Waals surface area contributed by atoms with Gasteiger partial charge in [-0.1, -0.05) is 13.0 Å². The monoisotopic (exact) mass is 298 g/mol. The van der Waals surface area contributed by atoms with E-state index in [4.69, 9.17) is 4.42 Å². The lowest BCUT2D eigenvalue weighted by Gasteiger charge is -2.12. The molecule has 0 bridgehead atoms. The van der Waals surface area contributed by atoms with Gasteiger partial charge >= 0.3 is 0 Å². The second-order valence-electron chi connectivity index (χ2n) is 4.72. The Kier molecular flexibility index (Phi) is 5.14. The number of amides is 2. The van der Waals surface area contributed by atoms with Gasteiger partial charge in [-0.3, -0.25) is 9.59 Å². The normalized spacial score (nSPS) is 10.6. The molecule has 0 spiro atoms. The Morgan fingerprint density at radius 1 is 1.14 bits per heavy atom. The second kappa shape index (κ2) is 7.26. The first kappa shape index (κ1) is 15.6. The molecule has 0 aliphatic carbocycles. The molecule has 1 aromatic carbocycles. The molecule has 1 heterocycles. The third-order valence-electron chi connectivity index (χ3n) is 3.13. The number of carbonyl (C=O) groups excluding carboxylic acids is 2. The molecule has 0 aliphatic heterocycles. The number of furan rings is 1. The first-order valence-electron chi connectivity index (χ1n) is 7.02. The zero-order valence-corrected chi connectivity index (χ0v) is 12.6. The van der Waals surface area contributed by atoms with Crippen molar-refractivity contribution < 1.29 is 14.0 Å². The lowest BCUT2D eigenvalue weighted by Crippen LogP contribution is -2.13. The van der Waals surface area contributed by atoms with Crippen LogP contribution in [0.5, 0.6) is 0 Å². The summed E-state index contributed by atoms with van der Waals surface area (Å²) in [5.74, 6) is 0.276. The van der Waals surface area contributed by atoms with E-state index in [-0.39, 0.29) is 11.8 Å². The first-order valence-corrected chi connectivity index (χ1v) is 7.02. The summed E-state index contributed by atoms with van der Waals surface area (Å²) < 4.78 is 5.12. The molecule has 0 saturated heterocycles. The van der Waals surface area contributed by atoms with Gasteiger partial charge in [-0.05, 0) is 42.8 Å². The fourth-order valence-electron chi connectivity index (χ4n) is 1.86. The van der Waals surface area contributed by atoms with E-state index in [1.165, 1.54) is 6.08 Å². The van der Waals surface area contributed by atoms with Gasteiger partial charge in [-0.2, -0.15) is 0 Å². The molecule has 1 aromatic heterocycles. The maximum atomic E-state index is 11.9. The van der Waals surface area contributed by atoms with E-state index in [1.54, 1.807) is 49.6 Å². The van der Waals surface area contributed by atoms with Crippen LogP contribution in [0.2, 0.25) is 0 Å². The average Bonchev–Trinajstić information content (AvgIpc) is 3.02. The third-order valence-corrected chi connectivity index (χ3v) is 3.13. The van der Waals surface area contributed by atoms with Crippen LogP contribution in [0.1, 0.15) is 24.7 Å². The fourth-order valence-corrected chi connectivity index (χ4v) is 1.86. The molecule has 2 amide bonds. The lowest BCUT2D eigenvalue weighted by atomic mass is 10.1. The topological polar surface area (TPSA) is 71.3 Å². The minimum Gasteiger partial charge on any atom is -0.465 e. The summed E-state index contributed by atoms with van der Waals surface area (Å²) in [5.41, 5.74) is 2.16. The predicted molar refractivity (Wildman–Crippen MR) is 86.5 cm³/mol. The Bertz CT molecular complexity index is 688. The van der Waals surface area contributed by atoms with Crippen LogP contribution in [-0.4, -0.2) is 11.8 Å². The van der Waals surface area contributed by atoms with Gasteiger partial charge < -0.3 is 15.1 Å². The first-order chi connectivity index (χ1) is 10.6. The van der Waals surface area contributed by atoms with Crippen LogP contribution in [0.15, 0.2) is 47.1 Å². The summed E-state index contributed by atoms with van der Waals surface area (Å²) in [7, 11) is 0. The van der Waals surface area contributed by atoms with Gasteiger partial charge in [0, 0.05) is 23.9 Å². The summed E-state index contributed by atoms with van der Waals surface area (Å²) in [6.07, 6.45) is 4.94. The van der Waals surface area contributed by atoms with Crippen LogP contribution in [0.4, 0.5) is 11.4 Å². The van der Waals surface area contributed by atoms with Gasteiger partial charge in [0.1, 0.15) is 5.76 Å². The molecule has 2 N–H and O–H groups in total. The van der Waals surface area contributed by atoms with Crippen LogP contribution in [0.25, 0.3) is 6.08 Å². The Labute approximate surface area is 129 Å². The summed E-state index contributed by atoms with van der Waals surface area (Å²) in [6.45, 7) is 3.63. The molecule has 2 aromatic rings. The third kappa shape index (κ3) is 4.09. The van der Waals surface area contributed by atoms with Gasteiger partial charge in [0.2, 0.25) is 11.8 Å². The van der Waals surface area contributed by atoms with Gasteiger partial charge in [0.15, 0.2) is 0 Å². The highest BCUT2D eigenvalue weighted by Gasteiger charge is 2.08. The molecule has 0 saturated carbocycles. The van der Waals surface area contributed by atoms with Crippen LogP contribution in [0.3, 0.4) is 0 Å². The Hall–Kier alpha value is -2.82. The molecular formula is C17H18N2O3. The van der Waals surface area contributed by atoms with Crippen molar-refractivity contribution in [1.29, 1.82) is 0 Å². The van der Waals surface area contributed by atoms with Gasteiger partial charge in [0.25, 0.3) is 0 Å². The molecule has 0 fully saturated rings. The summed E-state index contributed by atoms with van der Waals surface area (Å²) >= 11 is 0. The van der Waals surface area contributed by atoms with E-state index >= 15 is 0 Å². The van der Waals surface area contributed by atoms with E-state index in [9.17, 15) is 9.59 Å². The molecule has 0 aliphatic rings. The molecule has 114 valence electrons. The quantitative estimate of drug-likeness (QED) is 0.829. The maximum absolute atomic E-state index is 11.9. The van der Waals surface area contributed by atoms with Crippen molar-refractivity contribution in [2.45, 2.75) is 20.3 Å². The van der Waals surface area contributed by atoms with Crippen LogP contribution in [0, 0.1) is 6.92 Å². The van der Waals surface area contributed by atoms with Crippen molar-refractivity contribution in [1.82, 2.24) is 0 Å². The standard InChI is InChI=1S/C17H18N2O3/c1-3-16(20)18-14-7-4-8-15(12(14)2)19-17(21)10-9-13-6-5-11-22-13/h4-11H,3H2,1-2H3,(H,18,20)(H,19,21)/b10-9-. The van der Waals surface area contributed by atoms with Gasteiger partial charge in [-0.25, -0.2) is 0 Å². The molecule has 0 radical (unpaired) electrons. The summed E-state index contributed by atoms with van der Waals surface area (Å²) in [4.78, 5) is 23.4. The number of nitrogens with one attached hydrogen (secondary N) is 2. The summed E-state index contributed by atoms with van der Waals surface area (Å²) in [5, 5.41) is 5.59. The zero-order valence-electron chi connectivity index (χ0n) is 12.6. The van der Waals surface area contributed by atoms with Gasteiger partial charge in [-0.15, -0.1) is 0 Å². The van der Waals surface area contributed by atoms with Crippen molar-refractivity contribution in [3.05, 3.63) is 54.0 Å². The molecular weight excluding hydrogens is 280 g/mol. The minimum atomic E-state index is -0.265. The average molecular weight is 298 g/mol. The fraction of sp³-hybridized carbons (Fsp3) is 0.176. The van der Waals surface area contributed by atoms with E-state index in [2.05, 4.69) is 10.6 Å². The van der Waals surface area contributed by atoms with Crippen molar-refractivity contribution >= 4 is 29.3 Å². The van der Waals surface area contributed by atoms with Crippen LogP contribution < -0.4 is 10.6 Å². The van der Waals surface area contributed by atoms with Crippen molar-refractivity contribution in [3.63, 3.8) is 0 Å². The smallest absolute Gasteiger partial charge is 0.248 e. The minimum absolute atomic E-state index is 0.0655. The van der Waals surface area contributed by atoms with Crippen molar-refractivity contribution in [3.8, 4) is 0 Å². The molecule has 2 rings (SSSR count). The number of benzene rings is 1. The van der Waals surface area contributed by atoms with E-state index < -0.39 is 0 Å². The van der Waals surface area contributed by atoms with E-state index in [0.29, 0.717) is 23.6 Å². The van der Waals surface area contributed by atoms with Gasteiger partial charge in [0.05, 0.1) is 6.26 Å². The molecule has 0 atom stereocenters. The number of carbonyl (C=O) groups is 2. The zero-order chi connectivity index (χ0) is 15.9. The number of rotatable bonds is 5. The maximum Gasteiger partial charge on any atom is 0.248 e. The SMILES string of the molecule is CCC(=O)Nc1cccc(NC(=O)/C=C\c2ccco2)c1C.